The van der Waals surface area contributed by atoms with Gasteiger partial charge in [0.05, 0.1) is 0 Å². The molecule has 6 heteroatoms. The fraction of sp³-hybridized carbons (Fsp3) is 0.125. The summed E-state index contributed by atoms with van der Waals surface area (Å²) in [4.78, 5) is 0. The van der Waals surface area contributed by atoms with Crippen LogP contribution >= 0.6 is 47.8 Å². The molecular formula is C8H5Br3N2O. The van der Waals surface area contributed by atoms with Crippen molar-refractivity contribution in [3.8, 4) is 0 Å². The Morgan fingerprint density at radius 3 is 2.57 bits per heavy atom. The van der Waals surface area contributed by atoms with Gasteiger partial charge >= 0.3 is 0 Å². The molecule has 0 saturated carbocycles. The lowest BCUT2D eigenvalue weighted by Gasteiger charge is -1.98. The molecule has 0 saturated heterocycles. The number of furan rings is 1. The van der Waals surface area contributed by atoms with E-state index in [-0.39, 0.29) is 0 Å². The van der Waals surface area contributed by atoms with Crippen molar-refractivity contribution in [3.63, 3.8) is 0 Å². The molecule has 0 aliphatic carbocycles. The van der Waals surface area contributed by atoms with Gasteiger partial charge in [-0.25, -0.2) is 4.68 Å². The second-order valence-electron chi connectivity index (χ2n) is 2.65. The molecule has 14 heavy (non-hydrogen) atoms. The van der Waals surface area contributed by atoms with E-state index in [9.17, 15) is 0 Å². The van der Waals surface area contributed by atoms with E-state index in [4.69, 9.17) is 4.42 Å². The van der Waals surface area contributed by atoms with Crippen LogP contribution in [0.1, 0.15) is 5.76 Å². The van der Waals surface area contributed by atoms with E-state index in [2.05, 4.69) is 52.9 Å². The molecule has 0 aromatic carbocycles. The zero-order valence-electron chi connectivity index (χ0n) is 6.88. The molecule has 0 aliphatic heterocycles. The molecule has 0 unspecified atom stereocenters. The van der Waals surface area contributed by atoms with Crippen molar-refractivity contribution in [3.05, 3.63) is 37.8 Å². The molecule has 0 fully saturated rings. The van der Waals surface area contributed by atoms with Crippen LogP contribution < -0.4 is 0 Å². The summed E-state index contributed by atoms with van der Waals surface area (Å²) in [7, 11) is 0. The number of hydrogen-bond acceptors (Lipinski definition) is 2. The topological polar surface area (TPSA) is 31.0 Å². The maximum Gasteiger partial charge on any atom is 0.169 e. The van der Waals surface area contributed by atoms with E-state index in [1.165, 1.54) is 0 Å². The molecule has 0 N–H and O–H groups in total. The van der Waals surface area contributed by atoms with Crippen molar-refractivity contribution in [2.45, 2.75) is 6.54 Å². The van der Waals surface area contributed by atoms with Gasteiger partial charge in [-0.15, -0.1) is 0 Å². The Kier molecular flexibility index (Phi) is 3.14. The van der Waals surface area contributed by atoms with Gasteiger partial charge in [0, 0.05) is 6.07 Å². The van der Waals surface area contributed by atoms with Crippen molar-refractivity contribution < 1.29 is 4.42 Å². The van der Waals surface area contributed by atoms with Gasteiger partial charge in [-0.05, 0) is 59.9 Å². The minimum atomic E-state index is 0.609. The fourth-order valence-corrected chi connectivity index (χ4v) is 2.54. The van der Waals surface area contributed by atoms with E-state index in [1.807, 2.05) is 18.2 Å². The summed E-state index contributed by atoms with van der Waals surface area (Å²) in [6.07, 6.45) is 0. The highest BCUT2D eigenvalue weighted by Crippen LogP contribution is 2.20. The Morgan fingerprint density at radius 1 is 1.29 bits per heavy atom. The summed E-state index contributed by atoms with van der Waals surface area (Å²) < 4.78 is 9.62. The van der Waals surface area contributed by atoms with Gasteiger partial charge < -0.3 is 4.42 Å². The summed E-state index contributed by atoms with van der Waals surface area (Å²) in [5, 5.41) is 4.23. The highest BCUT2D eigenvalue weighted by molar-refractivity contribution is 9.11. The predicted molar refractivity (Wildman–Crippen MR) is 63.1 cm³/mol. The molecule has 2 rings (SSSR count). The summed E-state index contributed by atoms with van der Waals surface area (Å²) in [6, 6.07) is 5.66. The zero-order chi connectivity index (χ0) is 10.1. The van der Waals surface area contributed by atoms with Gasteiger partial charge in [0.15, 0.2) is 4.67 Å². The summed E-state index contributed by atoms with van der Waals surface area (Å²) >= 11 is 9.95. The summed E-state index contributed by atoms with van der Waals surface area (Å²) in [6.45, 7) is 0.609. The van der Waals surface area contributed by atoms with Crippen LogP contribution in [0.2, 0.25) is 0 Å². The van der Waals surface area contributed by atoms with E-state index in [0.717, 1.165) is 19.6 Å². The van der Waals surface area contributed by atoms with Crippen LogP contribution in [0.3, 0.4) is 0 Å². The highest BCUT2D eigenvalue weighted by atomic mass is 79.9. The van der Waals surface area contributed by atoms with Gasteiger partial charge in [-0.1, -0.05) is 0 Å². The third-order valence-electron chi connectivity index (χ3n) is 1.64. The first-order chi connectivity index (χ1) is 6.65. The third-order valence-corrected chi connectivity index (χ3v) is 3.09. The average molecular weight is 385 g/mol. The Bertz CT molecular complexity index is 449. The Morgan fingerprint density at radius 2 is 2.07 bits per heavy atom. The minimum Gasteiger partial charge on any atom is -0.452 e. The van der Waals surface area contributed by atoms with Crippen LogP contribution in [0.15, 0.2) is 36.5 Å². The molecule has 3 nitrogen and oxygen atoms in total. The molecule has 2 aromatic rings. The van der Waals surface area contributed by atoms with E-state index >= 15 is 0 Å². The molecule has 74 valence electrons. The van der Waals surface area contributed by atoms with Crippen LogP contribution in [-0.4, -0.2) is 9.78 Å². The third kappa shape index (κ3) is 2.29. The van der Waals surface area contributed by atoms with Gasteiger partial charge in [-0.3, -0.25) is 0 Å². The van der Waals surface area contributed by atoms with Crippen LogP contribution in [0.4, 0.5) is 0 Å². The predicted octanol–water partition coefficient (Wildman–Crippen LogP) is 3.81. The van der Waals surface area contributed by atoms with Crippen molar-refractivity contribution in [2.75, 3.05) is 0 Å². The normalized spacial score (nSPS) is 10.8. The van der Waals surface area contributed by atoms with Crippen LogP contribution in [0.25, 0.3) is 0 Å². The van der Waals surface area contributed by atoms with Crippen molar-refractivity contribution in [1.29, 1.82) is 0 Å². The highest BCUT2D eigenvalue weighted by Gasteiger charge is 2.06. The smallest absolute Gasteiger partial charge is 0.169 e. The van der Waals surface area contributed by atoms with Gasteiger partial charge in [0.2, 0.25) is 0 Å². The lowest BCUT2D eigenvalue weighted by molar-refractivity contribution is 0.460. The van der Waals surface area contributed by atoms with Gasteiger partial charge in [0.1, 0.15) is 21.5 Å². The lowest BCUT2D eigenvalue weighted by atomic mass is 10.4. The number of hydrogen-bond donors (Lipinski definition) is 0. The van der Waals surface area contributed by atoms with Gasteiger partial charge in [0.25, 0.3) is 0 Å². The van der Waals surface area contributed by atoms with Crippen molar-refractivity contribution in [2.24, 2.45) is 0 Å². The quantitative estimate of drug-likeness (QED) is 0.788. The Labute approximate surface area is 106 Å². The zero-order valence-corrected chi connectivity index (χ0v) is 11.6. The second-order valence-corrected chi connectivity index (χ2v) is 5.06. The van der Waals surface area contributed by atoms with E-state index in [1.54, 1.807) is 4.68 Å². The molecule has 2 aromatic heterocycles. The second kappa shape index (κ2) is 4.20. The molecule has 0 radical (unpaired) electrons. The summed E-state index contributed by atoms with van der Waals surface area (Å²) in [5.41, 5.74) is 0. The Balaban J connectivity index is 2.22. The molecule has 2 heterocycles. The van der Waals surface area contributed by atoms with Crippen molar-refractivity contribution in [1.82, 2.24) is 9.78 Å². The standard InChI is InChI=1S/C8H5Br3N2O/c9-6-3-7(10)13(12-6)4-5-1-2-8(11)14-5/h1-3H,4H2. The van der Waals surface area contributed by atoms with E-state index < -0.39 is 0 Å². The molecule has 0 bridgehead atoms. The van der Waals surface area contributed by atoms with Crippen LogP contribution in [-0.2, 0) is 6.54 Å². The van der Waals surface area contributed by atoms with Crippen LogP contribution in [0.5, 0.6) is 0 Å². The van der Waals surface area contributed by atoms with Crippen LogP contribution in [0, 0.1) is 0 Å². The monoisotopic (exact) mass is 382 g/mol. The maximum atomic E-state index is 5.37. The fourth-order valence-electron chi connectivity index (χ4n) is 1.06. The van der Waals surface area contributed by atoms with Gasteiger partial charge in [-0.2, -0.15) is 5.10 Å². The maximum absolute atomic E-state index is 5.37. The minimum absolute atomic E-state index is 0.609. The number of aromatic nitrogens is 2. The molecule has 0 atom stereocenters. The molecule has 0 spiro atoms. The lowest BCUT2D eigenvalue weighted by Crippen LogP contribution is -2.00. The van der Waals surface area contributed by atoms with E-state index in [0.29, 0.717) is 6.54 Å². The molecule has 0 aliphatic rings. The number of halogens is 3. The SMILES string of the molecule is Brc1cc(Br)n(Cc2ccc(Br)o2)n1. The largest absolute Gasteiger partial charge is 0.452 e. The molecule has 0 amide bonds. The first-order valence-corrected chi connectivity index (χ1v) is 6.16. The van der Waals surface area contributed by atoms with Crippen molar-refractivity contribution >= 4 is 47.8 Å². The average Bonchev–Trinajstić information content (AvgIpc) is 2.61. The summed E-state index contributed by atoms with van der Waals surface area (Å²) in [5.74, 6) is 0.855. The number of nitrogens with zero attached hydrogens (tertiary/aromatic N) is 2. The molecular weight excluding hydrogens is 380 g/mol. The number of rotatable bonds is 2. The first kappa shape index (κ1) is 10.4. The first-order valence-electron chi connectivity index (χ1n) is 3.78. The Hall–Kier alpha value is -0.0700.